The molecule has 1 aromatic rings. The van der Waals surface area contributed by atoms with Gasteiger partial charge in [0.15, 0.2) is 17.7 Å². The number of benzene rings is 1. The fourth-order valence-corrected chi connectivity index (χ4v) is 1.88. The number of carboxylic acid groups (broad SMARTS) is 1. The Morgan fingerprint density at radius 2 is 1.70 bits per heavy atom. The SMILES string of the molecule is O=C(Nc1c(F)cc(F)cc1F)[C@@H]1CC[C@H](C(=O)O)O1. The highest BCUT2D eigenvalue weighted by Gasteiger charge is 2.35. The molecule has 0 radical (unpaired) electrons. The number of hydrogen-bond acceptors (Lipinski definition) is 3. The van der Waals surface area contributed by atoms with Gasteiger partial charge in [-0.1, -0.05) is 0 Å². The minimum absolute atomic E-state index is 0.118. The maximum absolute atomic E-state index is 13.3. The van der Waals surface area contributed by atoms with Gasteiger partial charge in [0.2, 0.25) is 0 Å². The van der Waals surface area contributed by atoms with Gasteiger partial charge in [0, 0.05) is 12.1 Å². The second-order valence-electron chi connectivity index (χ2n) is 4.26. The van der Waals surface area contributed by atoms with Crippen molar-refractivity contribution in [2.75, 3.05) is 5.32 Å². The van der Waals surface area contributed by atoms with Crippen molar-refractivity contribution in [3.63, 3.8) is 0 Å². The molecule has 108 valence electrons. The molecule has 0 unspecified atom stereocenters. The minimum atomic E-state index is -1.26. The van der Waals surface area contributed by atoms with Crippen LogP contribution in [-0.2, 0) is 14.3 Å². The summed E-state index contributed by atoms with van der Waals surface area (Å²) in [6.07, 6.45) is -1.98. The Hall–Kier alpha value is -2.09. The Morgan fingerprint density at radius 3 is 2.20 bits per heavy atom. The van der Waals surface area contributed by atoms with Crippen LogP contribution in [0.2, 0.25) is 0 Å². The quantitative estimate of drug-likeness (QED) is 0.887. The summed E-state index contributed by atoms with van der Waals surface area (Å²) in [5.41, 5.74) is -0.793. The molecule has 0 saturated carbocycles. The van der Waals surface area contributed by atoms with Gasteiger partial charge in [0.05, 0.1) is 0 Å². The topological polar surface area (TPSA) is 75.6 Å². The van der Waals surface area contributed by atoms with Gasteiger partial charge in [-0.15, -0.1) is 0 Å². The Kier molecular flexibility index (Phi) is 3.93. The maximum Gasteiger partial charge on any atom is 0.332 e. The molecule has 0 spiro atoms. The third-order valence-corrected chi connectivity index (χ3v) is 2.84. The van der Waals surface area contributed by atoms with Gasteiger partial charge in [-0.3, -0.25) is 4.79 Å². The van der Waals surface area contributed by atoms with E-state index in [1.54, 1.807) is 0 Å². The molecule has 2 atom stereocenters. The van der Waals surface area contributed by atoms with Crippen LogP contribution in [0.3, 0.4) is 0 Å². The molecule has 1 fully saturated rings. The third kappa shape index (κ3) is 2.90. The molecule has 2 N–H and O–H groups in total. The van der Waals surface area contributed by atoms with E-state index in [1.165, 1.54) is 0 Å². The summed E-state index contributed by atoms with van der Waals surface area (Å²) in [6, 6.07) is 0.850. The summed E-state index contributed by atoms with van der Waals surface area (Å²) < 4.78 is 44.3. The molecule has 1 aliphatic heterocycles. The van der Waals surface area contributed by atoms with Crippen LogP contribution in [0.5, 0.6) is 0 Å². The first kappa shape index (κ1) is 14.3. The summed E-state index contributed by atoms with van der Waals surface area (Å²) in [5.74, 6) is -5.72. The van der Waals surface area contributed by atoms with Crippen molar-refractivity contribution in [1.82, 2.24) is 0 Å². The molecule has 0 aliphatic carbocycles. The average molecular weight is 289 g/mol. The fraction of sp³-hybridized carbons (Fsp3) is 0.333. The summed E-state index contributed by atoms with van der Waals surface area (Å²) in [7, 11) is 0. The van der Waals surface area contributed by atoms with Crippen LogP contribution < -0.4 is 5.32 Å². The highest BCUT2D eigenvalue weighted by molar-refractivity contribution is 5.95. The first-order chi connectivity index (χ1) is 9.38. The fourth-order valence-electron chi connectivity index (χ4n) is 1.88. The predicted molar refractivity (Wildman–Crippen MR) is 60.5 cm³/mol. The number of nitrogens with one attached hydrogen (secondary N) is 1. The zero-order valence-corrected chi connectivity index (χ0v) is 10.0. The number of ether oxygens (including phenoxy) is 1. The van der Waals surface area contributed by atoms with Crippen LogP contribution in [0.15, 0.2) is 12.1 Å². The first-order valence-electron chi connectivity index (χ1n) is 5.72. The molecule has 1 heterocycles. The Bertz CT molecular complexity index is 541. The van der Waals surface area contributed by atoms with Crippen molar-refractivity contribution in [3.05, 3.63) is 29.6 Å². The summed E-state index contributed by atoms with van der Waals surface area (Å²) in [5, 5.41) is 10.6. The molecule has 1 amide bonds. The zero-order valence-electron chi connectivity index (χ0n) is 10.0. The molecule has 1 aromatic carbocycles. The van der Waals surface area contributed by atoms with E-state index in [-0.39, 0.29) is 12.8 Å². The van der Waals surface area contributed by atoms with E-state index in [0.29, 0.717) is 12.1 Å². The molecule has 1 saturated heterocycles. The molecule has 20 heavy (non-hydrogen) atoms. The predicted octanol–water partition coefficient (Wildman–Crippen LogP) is 1.67. The largest absolute Gasteiger partial charge is 0.479 e. The van der Waals surface area contributed by atoms with Crippen LogP contribution in [0.25, 0.3) is 0 Å². The van der Waals surface area contributed by atoms with Crippen molar-refractivity contribution in [2.24, 2.45) is 0 Å². The zero-order chi connectivity index (χ0) is 14.9. The van der Waals surface area contributed by atoms with E-state index < -0.39 is 47.2 Å². The van der Waals surface area contributed by atoms with Gasteiger partial charge >= 0.3 is 5.97 Å². The monoisotopic (exact) mass is 289 g/mol. The van der Waals surface area contributed by atoms with Crippen molar-refractivity contribution in [1.29, 1.82) is 0 Å². The number of rotatable bonds is 3. The van der Waals surface area contributed by atoms with E-state index in [9.17, 15) is 22.8 Å². The summed E-state index contributed by atoms with van der Waals surface area (Å²) in [4.78, 5) is 22.4. The van der Waals surface area contributed by atoms with Crippen molar-refractivity contribution >= 4 is 17.6 Å². The Balaban J connectivity index is 2.08. The third-order valence-electron chi connectivity index (χ3n) is 2.84. The van der Waals surface area contributed by atoms with Gasteiger partial charge in [-0.05, 0) is 12.8 Å². The minimum Gasteiger partial charge on any atom is -0.479 e. The molecule has 1 aliphatic rings. The molecular weight excluding hydrogens is 279 g/mol. The molecule has 0 aromatic heterocycles. The highest BCUT2D eigenvalue weighted by atomic mass is 19.1. The molecule has 0 bridgehead atoms. The van der Waals surface area contributed by atoms with E-state index in [4.69, 9.17) is 9.84 Å². The number of carbonyl (C=O) groups excluding carboxylic acids is 1. The normalized spacial score (nSPS) is 21.8. The lowest BCUT2D eigenvalue weighted by atomic mass is 10.2. The molecule has 8 heteroatoms. The van der Waals surface area contributed by atoms with Gasteiger partial charge < -0.3 is 15.2 Å². The van der Waals surface area contributed by atoms with E-state index >= 15 is 0 Å². The molecule has 5 nitrogen and oxygen atoms in total. The average Bonchev–Trinajstić information content (AvgIpc) is 2.83. The lowest BCUT2D eigenvalue weighted by Gasteiger charge is -2.12. The number of carboxylic acids is 1. The van der Waals surface area contributed by atoms with Crippen LogP contribution >= 0.6 is 0 Å². The Morgan fingerprint density at radius 1 is 1.15 bits per heavy atom. The van der Waals surface area contributed by atoms with E-state index in [1.807, 2.05) is 5.32 Å². The first-order valence-corrected chi connectivity index (χ1v) is 5.72. The lowest BCUT2D eigenvalue weighted by molar-refractivity contribution is -0.150. The number of aliphatic carboxylic acids is 1. The van der Waals surface area contributed by atoms with Gasteiger partial charge in [0.25, 0.3) is 5.91 Å². The van der Waals surface area contributed by atoms with Crippen molar-refractivity contribution in [3.8, 4) is 0 Å². The number of halogens is 3. The number of anilines is 1. The van der Waals surface area contributed by atoms with Gasteiger partial charge in [0.1, 0.15) is 17.6 Å². The van der Waals surface area contributed by atoms with Crippen LogP contribution in [0.4, 0.5) is 18.9 Å². The van der Waals surface area contributed by atoms with Crippen LogP contribution in [-0.4, -0.2) is 29.2 Å². The second-order valence-corrected chi connectivity index (χ2v) is 4.26. The van der Waals surface area contributed by atoms with E-state index in [0.717, 1.165) is 0 Å². The van der Waals surface area contributed by atoms with Crippen molar-refractivity contribution < 1.29 is 32.6 Å². The number of hydrogen-bond donors (Lipinski definition) is 2. The van der Waals surface area contributed by atoms with Gasteiger partial charge in [-0.25, -0.2) is 18.0 Å². The lowest BCUT2D eigenvalue weighted by Crippen LogP contribution is -2.30. The standard InChI is InChI=1S/C12H10F3NO4/c13-5-3-6(14)10(7(15)4-5)16-11(17)8-1-2-9(20-8)12(18)19/h3-4,8-9H,1-2H2,(H,16,17)(H,18,19)/t8-,9+/m0/s1. The van der Waals surface area contributed by atoms with E-state index in [2.05, 4.69) is 0 Å². The second kappa shape index (κ2) is 5.49. The molecule has 2 rings (SSSR count). The number of carbonyl (C=O) groups is 2. The maximum atomic E-state index is 13.3. The summed E-state index contributed by atoms with van der Waals surface area (Å²) >= 11 is 0. The highest BCUT2D eigenvalue weighted by Crippen LogP contribution is 2.24. The van der Waals surface area contributed by atoms with Crippen LogP contribution in [0.1, 0.15) is 12.8 Å². The molecular formula is C12H10F3NO4. The Labute approximate surface area is 111 Å². The number of amides is 1. The van der Waals surface area contributed by atoms with Crippen molar-refractivity contribution in [2.45, 2.75) is 25.0 Å². The smallest absolute Gasteiger partial charge is 0.332 e. The summed E-state index contributed by atoms with van der Waals surface area (Å²) in [6.45, 7) is 0. The van der Waals surface area contributed by atoms with Gasteiger partial charge in [-0.2, -0.15) is 0 Å². The van der Waals surface area contributed by atoms with Crippen LogP contribution in [0, 0.1) is 17.5 Å².